The van der Waals surface area contributed by atoms with E-state index in [1.54, 1.807) is 0 Å². The first-order valence-corrected chi connectivity index (χ1v) is 8.07. The van der Waals surface area contributed by atoms with E-state index < -0.39 is 0 Å². The monoisotopic (exact) mass is 287 g/mol. The SMILES string of the molecule is Cc1cccc(C2(C(=O)N3CCC(C(C)O)C3)CCC2)c1. The van der Waals surface area contributed by atoms with Crippen molar-refractivity contribution in [3.05, 3.63) is 35.4 Å². The summed E-state index contributed by atoms with van der Waals surface area (Å²) in [4.78, 5) is 15.1. The molecule has 114 valence electrons. The van der Waals surface area contributed by atoms with E-state index in [1.807, 2.05) is 11.8 Å². The quantitative estimate of drug-likeness (QED) is 0.928. The van der Waals surface area contributed by atoms with Crippen LogP contribution < -0.4 is 0 Å². The molecule has 2 atom stereocenters. The summed E-state index contributed by atoms with van der Waals surface area (Å²) in [5.74, 6) is 0.520. The smallest absolute Gasteiger partial charge is 0.233 e. The Morgan fingerprint density at radius 3 is 2.71 bits per heavy atom. The molecule has 2 unspecified atom stereocenters. The van der Waals surface area contributed by atoms with Crippen LogP contribution >= 0.6 is 0 Å². The van der Waals surface area contributed by atoms with Crippen molar-refractivity contribution in [3.8, 4) is 0 Å². The number of hydrogen-bond donors (Lipinski definition) is 1. The molecule has 3 rings (SSSR count). The summed E-state index contributed by atoms with van der Waals surface area (Å²) in [5, 5.41) is 9.74. The molecule has 3 heteroatoms. The Kier molecular flexibility index (Phi) is 3.78. The van der Waals surface area contributed by atoms with Crippen LogP contribution in [0.4, 0.5) is 0 Å². The highest BCUT2D eigenvalue weighted by molar-refractivity contribution is 5.89. The van der Waals surface area contributed by atoms with E-state index in [0.717, 1.165) is 32.2 Å². The predicted molar refractivity (Wildman–Crippen MR) is 83.1 cm³/mol. The minimum absolute atomic E-state index is 0.239. The van der Waals surface area contributed by atoms with E-state index >= 15 is 0 Å². The summed E-state index contributed by atoms with van der Waals surface area (Å²) >= 11 is 0. The van der Waals surface area contributed by atoms with E-state index in [2.05, 4.69) is 31.2 Å². The van der Waals surface area contributed by atoms with Gasteiger partial charge in [0.15, 0.2) is 0 Å². The molecule has 1 heterocycles. The standard InChI is InChI=1S/C18H25NO2/c1-13-5-3-6-16(11-13)18(8-4-9-18)17(21)19-10-7-15(12-19)14(2)20/h3,5-6,11,14-15,20H,4,7-10,12H2,1-2H3. The van der Waals surface area contributed by atoms with Gasteiger partial charge in [-0.3, -0.25) is 4.79 Å². The number of benzene rings is 1. The second kappa shape index (κ2) is 5.45. The number of aliphatic hydroxyl groups is 1. The highest BCUT2D eigenvalue weighted by Crippen LogP contribution is 2.46. The number of hydrogen-bond acceptors (Lipinski definition) is 2. The number of rotatable bonds is 3. The van der Waals surface area contributed by atoms with Gasteiger partial charge in [-0.15, -0.1) is 0 Å². The molecule has 1 amide bonds. The lowest BCUT2D eigenvalue weighted by atomic mass is 9.63. The fraction of sp³-hybridized carbons (Fsp3) is 0.611. The first kappa shape index (κ1) is 14.6. The van der Waals surface area contributed by atoms with Gasteiger partial charge < -0.3 is 10.0 Å². The summed E-state index contributed by atoms with van der Waals surface area (Å²) < 4.78 is 0. The molecule has 2 fully saturated rings. The van der Waals surface area contributed by atoms with Gasteiger partial charge in [0, 0.05) is 19.0 Å². The van der Waals surface area contributed by atoms with Crippen LogP contribution in [-0.2, 0) is 10.2 Å². The van der Waals surface area contributed by atoms with Crippen molar-refractivity contribution in [1.29, 1.82) is 0 Å². The van der Waals surface area contributed by atoms with Crippen LogP contribution in [-0.4, -0.2) is 35.1 Å². The van der Waals surface area contributed by atoms with Crippen LogP contribution in [0, 0.1) is 12.8 Å². The number of aliphatic hydroxyl groups excluding tert-OH is 1. The van der Waals surface area contributed by atoms with Crippen LogP contribution in [0.1, 0.15) is 43.7 Å². The lowest BCUT2D eigenvalue weighted by Crippen LogP contribution is -2.50. The second-order valence-corrected chi connectivity index (χ2v) is 6.85. The zero-order valence-electron chi connectivity index (χ0n) is 13.0. The molecule has 3 nitrogen and oxygen atoms in total. The highest BCUT2D eigenvalue weighted by atomic mass is 16.3. The molecule has 1 aliphatic heterocycles. The second-order valence-electron chi connectivity index (χ2n) is 6.85. The first-order chi connectivity index (χ1) is 10.0. The van der Waals surface area contributed by atoms with Crippen LogP contribution in [0.3, 0.4) is 0 Å². The normalized spacial score (nSPS) is 25.5. The Balaban J connectivity index is 1.82. The molecule has 1 N–H and O–H groups in total. The molecule has 2 aliphatic rings. The molecule has 1 saturated carbocycles. The minimum atomic E-state index is -0.320. The molecule has 0 spiro atoms. The molecule has 1 aliphatic carbocycles. The number of likely N-dealkylation sites (tertiary alicyclic amines) is 1. The fourth-order valence-corrected chi connectivity index (χ4v) is 3.77. The van der Waals surface area contributed by atoms with Gasteiger partial charge >= 0.3 is 0 Å². The maximum Gasteiger partial charge on any atom is 0.233 e. The summed E-state index contributed by atoms with van der Waals surface area (Å²) in [5.41, 5.74) is 2.11. The predicted octanol–water partition coefficient (Wildman–Crippen LogP) is 2.65. The third kappa shape index (κ3) is 2.48. The van der Waals surface area contributed by atoms with Crippen molar-refractivity contribution in [2.75, 3.05) is 13.1 Å². The van der Waals surface area contributed by atoms with Gasteiger partial charge in [0.2, 0.25) is 5.91 Å². The summed E-state index contributed by atoms with van der Waals surface area (Å²) in [7, 11) is 0. The molecule has 0 radical (unpaired) electrons. The highest BCUT2D eigenvalue weighted by Gasteiger charge is 2.48. The van der Waals surface area contributed by atoms with Crippen molar-refractivity contribution in [2.45, 2.75) is 51.0 Å². The maximum atomic E-state index is 13.1. The number of carbonyl (C=O) groups excluding carboxylic acids is 1. The van der Waals surface area contributed by atoms with Gasteiger partial charge in [-0.25, -0.2) is 0 Å². The maximum absolute atomic E-state index is 13.1. The largest absolute Gasteiger partial charge is 0.393 e. The number of carbonyl (C=O) groups is 1. The Labute approximate surface area is 127 Å². The molecule has 1 aromatic carbocycles. The van der Waals surface area contributed by atoms with Crippen LogP contribution in [0.25, 0.3) is 0 Å². The van der Waals surface area contributed by atoms with Crippen molar-refractivity contribution < 1.29 is 9.90 Å². The van der Waals surface area contributed by atoms with Gasteiger partial charge in [0.05, 0.1) is 11.5 Å². The van der Waals surface area contributed by atoms with E-state index in [1.165, 1.54) is 11.1 Å². The Bertz CT molecular complexity index is 534. The Hall–Kier alpha value is -1.35. The topological polar surface area (TPSA) is 40.5 Å². The Morgan fingerprint density at radius 2 is 2.19 bits per heavy atom. The first-order valence-electron chi connectivity index (χ1n) is 8.07. The van der Waals surface area contributed by atoms with Crippen LogP contribution in [0.5, 0.6) is 0 Å². The van der Waals surface area contributed by atoms with Gasteiger partial charge in [-0.1, -0.05) is 36.2 Å². The summed E-state index contributed by atoms with van der Waals surface area (Å²) in [6, 6.07) is 8.41. The number of amides is 1. The van der Waals surface area contributed by atoms with Gasteiger partial charge in [0.1, 0.15) is 0 Å². The molecular weight excluding hydrogens is 262 g/mol. The van der Waals surface area contributed by atoms with E-state index in [9.17, 15) is 9.90 Å². The van der Waals surface area contributed by atoms with Gasteiger partial charge in [-0.05, 0) is 38.7 Å². The van der Waals surface area contributed by atoms with E-state index in [-0.39, 0.29) is 23.3 Å². The van der Waals surface area contributed by atoms with Crippen molar-refractivity contribution in [2.24, 2.45) is 5.92 Å². The molecule has 0 aromatic heterocycles. The minimum Gasteiger partial charge on any atom is -0.393 e. The van der Waals surface area contributed by atoms with Crippen molar-refractivity contribution >= 4 is 5.91 Å². The lowest BCUT2D eigenvalue weighted by Gasteiger charge is -2.43. The molecule has 1 saturated heterocycles. The van der Waals surface area contributed by atoms with Crippen LogP contribution in [0.2, 0.25) is 0 Å². The van der Waals surface area contributed by atoms with Gasteiger partial charge in [0.25, 0.3) is 0 Å². The third-order valence-corrected chi connectivity index (χ3v) is 5.38. The van der Waals surface area contributed by atoms with E-state index in [4.69, 9.17) is 0 Å². The third-order valence-electron chi connectivity index (χ3n) is 5.38. The number of aryl methyl sites for hydroxylation is 1. The molecule has 21 heavy (non-hydrogen) atoms. The molecule has 0 bridgehead atoms. The fourth-order valence-electron chi connectivity index (χ4n) is 3.77. The Morgan fingerprint density at radius 1 is 1.43 bits per heavy atom. The molecule has 1 aromatic rings. The van der Waals surface area contributed by atoms with E-state index in [0.29, 0.717) is 6.54 Å². The average Bonchev–Trinajstić information content (AvgIpc) is 2.87. The summed E-state index contributed by atoms with van der Waals surface area (Å²) in [6.07, 6.45) is 3.66. The number of nitrogens with zero attached hydrogens (tertiary/aromatic N) is 1. The lowest BCUT2D eigenvalue weighted by molar-refractivity contribution is -0.140. The van der Waals surface area contributed by atoms with Crippen molar-refractivity contribution in [3.63, 3.8) is 0 Å². The van der Waals surface area contributed by atoms with Gasteiger partial charge in [-0.2, -0.15) is 0 Å². The summed E-state index contributed by atoms with van der Waals surface area (Å²) in [6.45, 7) is 5.42. The average molecular weight is 287 g/mol. The zero-order chi connectivity index (χ0) is 15.0. The molecular formula is C18H25NO2. The zero-order valence-corrected chi connectivity index (χ0v) is 13.0. The van der Waals surface area contributed by atoms with Crippen molar-refractivity contribution in [1.82, 2.24) is 4.90 Å². The van der Waals surface area contributed by atoms with Crippen LogP contribution in [0.15, 0.2) is 24.3 Å².